The quantitative estimate of drug-likeness (QED) is 0.268. The average Bonchev–Trinajstić information content (AvgIpc) is 2.39. The minimum atomic E-state index is -2.78. The van der Waals surface area contributed by atoms with Crippen molar-refractivity contribution in [3.8, 4) is 0 Å². The average molecular weight is 309 g/mol. The van der Waals surface area contributed by atoms with Gasteiger partial charge in [-0.3, -0.25) is 4.79 Å². The number of carboxylic acid groups (broad SMARTS) is 1. The van der Waals surface area contributed by atoms with Crippen molar-refractivity contribution < 1.29 is 45.0 Å². The number of aliphatic carboxylic acids is 1. The maximum Gasteiger partial charge on any atom is 0.364 e. The second kappa shape index (κ2) is 6.64. The summed E-state index contributed by atoms with van der Waals surface area (Å²) in [5.41, 5.74) is 0. The van der Waals surface area contributed by atoms with Gasteiger partial charge >= 0.3 is 5.97 Å². The zero-order chi connectivity index (χ0) is 16.4. The first kappa shape index (κ1) is 17.8. The lowest BCUT2D eigenvalue weighted by atomic mass is 9.88. The molecule has 0 aromatic rings. The predicted molar refractivity (Wildman–Crippen MR) is 64.8 cm³/mol. The fraction of sp³-hybridized carbons (Fsp3) is 0.818. The summed E-state index contributed by atoms with van der Waals surface area (Å²) in [4.78, 5) is 22.1. The third-order valence-electron chi connectivity index (χ3n) is 3.21. The molecule has 7 N–H and O–H groups in total. The van der Waals surface area contributed by atoms with Gasteiger partial charge in [0.1, 0.15) is 18.3 Å². The largest absolute Gasteiger partial charge is 0.477 e. The van der Waals surface area contributed by atoms with E-state index in [1.807, 2.05) is 0 Å². The van der Waals surface area contributed by atoms with Crippen molar-refractivity contribution in [1.82, 2.24) is 5.32 Å². The van der Waals surface area contributed by atoms with Crippen LogP contribution in [0.4, 0.5) is 0 Å². The normalized spacial score (nSPS) is 35.8. The van der Waals surface area contributed by atoms with Crippen molar-refractivity contribution in [3.05, 3.63) is 0 Å². The third kappa shape index (κ3) is 3.87. The van der Waals surface area contributed by atoms with Gasteiger partial charge in [-0.15, -0.1) is 0 Å². The van der Waals surface area contributed by atoms with Crippen molar-refractivity contribution in [2.24, 2.45) is 0 Å². The number of amides is 1. The molecule has 1 aliphatic heterocycles. The van der Waals surface area contributed by atoms with Crippen LogP contribution >= 0.6 is 0 Å². The van der Waals surface area contributed by atoms with Crippen LogP contribution in [0.15, 0.2) is 0 Å². The highest BCUT2D eigenvalue weighted by Crippen LogP contribution is 2.30. The van der Waals surface area contributed by atoms with E-state index in [9.17, 15) is 30.0 Å². The number of hydrogen-bond donors (Lipinski definition) is 7. The Labute approximate surface area is 119 Å². The predicted octanol–water partition coefficient (Wildman–Crippen LogP) is -3.87. The lowest BCUT2D eigenvalue weighted by molar-refractivity contribution is -0.295. The Morgan fingerprint density at radius 2 is 2.00 bits per heavy atom. The summed E-state index contributed by atoms with van der Waals surface area (Å²) < 4.78 is 4.86. The molecule has 0 spiro atoms. The second-order valence-electron chi connectivity index (χ2n) is 4.91. The molecular formula is C11H19NO9. The monoisotopic (exact) mass is 309 g/mol. The van der Waals surface area contributed by atoms with E-state index in [-0.39, 0.29) is 0 Å². The summed E-state index contributed by atoms with van der Waals surface area (Å²) in [5.74, 6) is -5.17. The van der Waals surface area contributed by atoms with E-state index in [4.69, 9.17) is 14.9 Å². The number of nitrogens with one attached hydrogen (secondary N) is 1. The van der Waals surface area contributed by atoms with E-state index < -0.39 is 61.1 Å². The molecule has 0 aromatic heterocycles. The molecular weight excluding hydrogens is 290 g/mol. The molecule has 0 aliphatic carbocycles. The SMILES string of the molecule is CC(=O)N[C@H]1[C@@H]([C@@H](O)[C@H](O)CO)O[C@](O)(C(=O)O)C[C@@H]1O. The van der Waals surface area contributed by atoms with Gasteiger partial charge in [0.2, 0.25) is 5.91 Å². The van der Waals surface area contributed by atoms with E-state index in [0.717, 1.165) is 6.92 Å². The van der Waals surface area contributed by atoms with Gasteiger partial charge in [-0.1, -0.05) is 0 Å². The summed E-state index contributed by atoms with van der Waals surface area (Å²) in [6, 6.07) is -1.27. The van der Waals surface area contributed by atoms with Crippen LogP contribution in [0.2, 0.25) is 0 Å². The molecule has 6 atom stereocenters. The number of carbonyl (C=O) groups is 2. The smallest absolute Gasteiger partial charge is 0.364 e. The standard InChI is InChI=1S/C11H19NO9/c1-4(14)12-7-5(15)2-11(20,10(18)19)21-9(7)8(17)6(16)3-13/h5-9,13,15-17,20H,2-3H2,1H3,(H,12,14)(H,18,19)/t5-,6+,7+,8-,9-,11-/m0/s1. The molecule has 0 bridgehead atoms. The first-order chi connectivity index (χ1) is 9.62. The summed E-state index contributed by atoms with van der Waals surface area (Å²) in [5, 5.41) is 59.0. The van der Waals surface area contributed by atoms with Crippen LogP contribution in [0.3, 0.4) is 0 Å². The van der Waals surface area contributed by atoms with Crippen LogP contribution in [0.1, 0.15) is 13.3 Å². The van der Waals surface area contributed by atoms with Crippen LogP contribution in [0.25, 0.3) is 0 Å². The van der Waals surface area contributed by atoms with Crippen LogP contribution < -0.4 is 5.32 Å². The number of hydrogen-bond acceptors (Lipinski definition) is 8. The summed E-state index contributed by atoms with van der Waals surface area (Å²) in [7, 11) is 0. The molecule has 1 heterocycles. The number of ether oxygens (including phenoxy) is 1. The topological polar surface area (TPSA) is 177 Å². The van der Waals surface area contributed by atoms with Gasteiger partial charge in [-0.2, -0.15) is 0 Å². The molecule has 21 heavy (non-hydrogen) atoms. The molecule has 122 valence electrons. The second-order valence-corrected chi connectivity index (χ2v) is 4.91. The molecule has 1 amide bonds. The Morgan fingerprint density at radius 1 is 1.43 bits per heavy atom. The molecule has 0 saturated carbocycles. The van der Waals surface area contributed by atoms with Crippen LogP contribution in [0.5, 0.6) is 0 Å². The summed E-state index contributed by atoms with van der Waals surface area (Å²) >= 11 is 0. The van der Waals surface area contributed by atoms with E-state index in [2.05, 4.69) is 5.32 Å². The van der Waals surface area contributed by atoms with Crippen molar-refractivity contribution in [2.45, 2.75) is 49.6 Å². The highest BCUT2D eigenvalue weighted by atomic mass is 16.7. The highest BCUT2D eigenvalue weighted by molar-refractivity contribution is 5.76. The van der Waals surface area contributed by atoms with Crippen molar-refractivity contribution in [2.75, 3.05) is 6.61 Å². The molecule has 1 saturated heterocycles. The van der Waals surface area contributed by atoms with E-state index in [1.54, 1.807) is 0 Å². The van der Waals surface area contributed by atoms with Gasteiger partial charge in [0.25, 0.3) is 5.79 Å². The Bertz CT molecular complexity index is 403. The maximum absolute atomic E-state index is 11.1. The summed E-state index contributed by atoms with van der Waals surface area (Å²) in [6.07, 6.45) is -7.48. The Morgan fingerprint density at radius 3 is 2.43 bits per heavy atom. The van der Waals surface area contributed by atoms with Crippen LogP contribution in [-0.4, -0.2) is 85.4 Å². The molecule has 0 radical (unpaired) electrons. The maximum atomic E-state index is 11.1. The zero-order valence-corrected chi connectivity index (χ0v) is 11.2. The minimum Gasteiger partial charge on any atom is -0.477 e. The van der Waals surface area contributed by atoms with E-state index in [1.165, 1.54) is 0 Å². The molecule has 1 fully saturated rings. The molecule has 0 aromatic carbocycles. The van der Waals surface area contributed by atoms with Crippen molar-refractivity contribution >= 4 is 11.9 Å². The lowest BCUT2D eigenvalue weighted by Gasteiger charge is -2.44. The Balaban J connectivity index is 3.07. The van der Waals surface area contributed by atoms with Gasteiger partial charge in [0.15, 0.2) is 0 Å². The third-order valence-corrected chi connectivity index (χ3v) is 3.21. The van der Waals surface area contributed by atoms with Crippen LogP contribution in [-0.2, 0) is 14.3 Å². The molecule has 1 rings (SSSR count). The fourth-order valence-corrected chi connectivity index (χ4v) is 2.14. The number of rotatable bonds is 5. The number of aliphatic hydroxyl groups is 5. The number of carbonyl (C=O) groups excluding carboxylic acids is 1. The van der Waals surface area contributed by atoms with Gasteiger partial charge in [0.05, 0.1) is 18.8 Å². The molecule has 10 heteroatoms. The van der Waals surface area contributed by atoms with Crippen LogP contribution in [0, 0.1) is 0 Å². The van der Waals surface area contributed by atoms with Gasteiger partial charge in [-0.25, -0.2) is 4.79 Å². The van der Waals surface area contributed by atoms with Gasteiger partial charge in [-0.05, 0) is 0 Å². The minimum absolute atomic E-state index is 0.598. The Hall–Kier alpha value is -1.30. The lowest BCUT2D eigenvalue weighted by Crippen LogP contribution is -2.67. The van der Waals surface area contributed by atoms with Gasteiger partial charge < -0.3 is 40.7 Å². The van der Waals surface area contributed by atoms with Crippen molar-refractivity contribution in [3.63, 3.8) is 0 Å². The van der Waals surface area contributed by atoms with Crippen molar-refractivity contribution in [1.29, 1.82) is 0 Å². The molecule has 10 nitrogen and oxygen atoms in total. The summed E-state index contributed by atoms with van der Waals surface area (Å²) in [6.45, 7) is 0.256. The molecule has 0 unspecified atom stereocenters. The number of carboxylic acids is 1. The zero-order valence-electron chi connectivity index (χ0n) is 11.2. The van der Waals surface area contributed by atoms with E-state index in [0.29, 0.717) is 0 Å². The number of aliphatic hydroxyl groups excluding tert-OH is 4. The van der Waals surface area contributed by atoms with Gasteiger partial charge in [0, 0.05) is 13.3 Å². The first-order valence-corrected chi connectivity index (χ1v) is 6.18. The fourth-order valence-electron chi connectivity index (χ4n) is 2.14. The Kier molecular flexibility index (Phi) is 5.61. The van der Waals surface area contributed by atoms with E-state index >= 15 is 0 Å². The highest BCUT2D eigenvalue weighted by Gasteiger charge is 2.53. The first-order valence-electron chi connectivity index (χ1n) is 6.18. The molecule has 1 aliphatic rings.